The summed E-state index contributed by atoms with van der Waals surface area (Å²) >= 11 is 0. The molecule has 9 N–H and O–H groups in total. The van der Waals surface area contributed by atoms with E-state index in [-0.39, 0.29) is 18.1 Å². The maximum atomic E-state index is 11.1. The largest absolute Gasteiger partial charge is 0.493 e. The predicted molar refractivity (Wildman–Crippen MR) is 141 cm³/mol. The van der Waals surface area contributed by atoms with Crippen molar-refractivity contribution >= 4 is 0 Å². The molecule has 14 atom stereocenters. The number of benzene rings is 1. The lowest BCUT2D eigenvalue weighted by atomic mass is 9.97. The molecule has 1 aromatic carbocycles. The molecule has 0 unspecified atom stereocenters. The van der Waals surface area contributed by atoms with Crippen LogP contribution in [0.4, 0.5) is 0 Å². The van der Waals surface area contributed by atoms with Crippen molar-refractivity contribution in [2.24, 2.45) is 0 Å². The Hall–Kier alpha value is -2.00. The topological polar surface area (TPSA) is 247 Å². The van der Waals surface area contributed by atoms with Gasteiger partial charge in [0.15, 0.2) is 30.2 Å². The van der Waals surface area contributed by atoms with E-state index in [2.05, 4.69) is 6.58 Å². The normalized spacial score (nSPS) is 41.9. The van der Waals surface area contributed by atoms with Crippen molar-refractivity contribution in [3.63, 3.8) is 0 Å². The van der Waals surface area contributed by atoms with Gasteiger partial charge in [0.2, 0.25) is 6.29 Å². The van der Waals surface area contributed by atoms with Gasteiger partial charge in [-0.25, -0.2) is 0 Å². The molecule has 4 rings (SSSR count). The molecule has 3 aliphatic heterocycles. The lowest BCUT2D eigenvalue weighted by Crippen LogP contribution is -2.65. The molecule has 0 spiro atoms. The zero-order chi connectivity index (χ0) is 31.4. The molecular formula is C27H40O16. The molecule has 0 bridgehead atoms. The number of rotatable bonds is 11. The van der Waals surface area contributed by atoms with E-state index in [0.717, 1.165) is 5.56 Å². The minimum atomic E-state index is -1.83. The van der Waals surface area contributed by atoms with Gasteiger partial charge < -0.3 is 79.1 Å². The molecule has 0 aromatic heterocycles. The number of aliphatic hydroxyl groups excluding tert-OH is 9. The van der Waals surface area contributed by atoms with E-state index in [1.165, 1.54) is 7.11 Å². The van der Waals surface area contributed by atoms with Crippen LogP contribution in [0.1, 0.15) is 5.56 Å². The smallest absolute Gasteiger partial charge is 0.229 e. The number of ether oxygens (including phenoxy) is 7. The Balaban J connectivity index is 1.57. The van der Waals surface area contributed by atoms with Crippen molar-refractivity contribution in [1.82, 2.24) is 0 Å². The molecule has 3 fully saturated rings. The van der Waals surface area contributed by atoms with Crippen molar-refractivity contribution in [3.8, 4) is 11.5 Å². The molecule has 16 nitrogen and oxygen atoms in total. The molecule has 0 amide bonds. The number of allylic oxidation sites excluding steroid dienone is 1. The van der Waals surface area contributed by atoms with Gasteiger partial charge in [-0.2, -0.15) is 0 Å². The van der Waals surface area contributed by atoms with Crippen molar-refractivity contribution < 1.29 is 79.1 Å². The highest BCUT2D eigenvalue weighted by atomic mass is 16.8. The van der Waals surface area contributed by atoms with Crippen LogP contribution in [-0.2, 0) is 30.1 Å². The third-order valence-corrected chi connectivity index (χ3v) is 7.51. The molecule has 43 heavy (non-hydrogen) atoms. The fourth-order valence-corrected chi connectivity index (χ4v) is 4.96. The summed E-state index contributed by atoms with van der Waals surface area (Å²) in [6.07, 6.45) is -20.0. The highest BCUT2D eigenvalue weighted by Gasteiger charge is 2.52. The maximum absolute atomic E-state index is 11.1. The van der Waals surface area contributed by atoms with Gasteiger partial charge in [0.25, 0.3) is 0 Å². The first-order valence-electron chi connectivity index (χ1n) is 13.7. The highest BCUT2D eigenvalue weighted by Crippen LogP contribution is 2.35. The second-order valence-corrected chi connectivity index (χ2v) is 10.5. The predicted octanol–water partition coefficient (Wildman–Crippen LogP) is -4.11. The van der Waals surface area contributed by atoms with Gasteiger partial charge in [-0.05, 0) is 24.1 Å². The van der Waals surface area contributed by atoms with Crippen LogP contribution in [0.25, 0.3) is 0 Å². The fourth-order valence-electron chi connectivity index (χ4n) is 4.96. The van der Waals surface area contributed by atoms with Gasteiger partial charge in [-0.3, -0.25) is 0 Å². The van der Waals surface area contributed by atoms with Gasteiger partial charge in [-0.1, -0.05) is 12.1 Å². The van der Waals surface area contributed by atoms with E-state index >= 15 is 0 Å². The van der Waals surface area contributed by atoms with E-state index in [0.29, 0.717) is 6.42 Å². The summed E-state index contributed by atoms with van der Waals surface area (Å²) in [7, 11) is 1.40. The molecule has 3 aliphatic rings. The van der Waals surface area contributed by atoms with Crippen LogP contribution >= 0.6 is 0 Å². The molecule has 0 saturated carbocycles. The van der Waals surface area contributed by atoms with Crippen LogP contribution in [-0.4, -0.2) is 159 Å². The first-order valence-corrected chi connectivity index (χ1v) is 13.7. The van der Waals surface area contributed by atoms with Crippen molar-refractivity contribution in [2.75, 3.05) is 26.9 Å². The third-order valence-electron chi connectivity index (χ3n) is 7.51. The first kappa shape index (κ1) is 33.9. The molecular weight excluding hydrogens is 580 g/mol. The number of aliphatic hydroxyl groups is 9. The van der Waals surface area contributed by atoms with Crippen molar-refractivity contribution in [3.05, 3.63) is 36.4 Å². The number of methoxy groups -OCH3 is 1. The summed E-state index contributed by atoms with van der Waals surface area (Å²) < 4.78 is 39.2. The van der Waals surface area contributed by atoms with E-state index in [1.807, 2.05) is 0 Å². The van der Waals surface area contributed by atoms with Crippen LogP contribution in [0.2, 0.25) is 0 Å². The number of hydrogen-bond acceptors (Lipinski definition) is 16. The second-order valence-electron chi connectivity index (χ2n) is 10.5. The van der Waals surface area contributed by atoms with Crippen molar-refractivity contribution in [1.29, 1.82) is 0 Å². The van der Waals surface area contributed by atoms with Gasteiger partial charge in [0, 0.05) is 0 Å². The summed E-state index contributed by atoms with van der Waals surface area (Å²) in [6.45, 7) is 2.15. The van der Waals surface area contributed by atoms with Crippen molar-refractivity contribution in [2.45, 2.75) is 92.4 Å². The third kappa shape index (κ3) is 7.46. The summed E-state index contributed by atoms with van der Waals surface area (Å²) in [5.74, 6) is 0.406. The Bertz CT molecular complexity index is 1040. The Morgan fingerprint density at radius 2 is 1.49 bits per heavy atom. The van der Waals surface area contributed by atoms with E-state index in [1.54, 1.807) is 24.3 Å². The zero-order valence-electron chi connectivity index (χ0n) is 23.3. The average molecular weight is 621 g/mol. The molecule has 1 aromatic rings. The molecule has 3 saturated heterocycles. The number of hydrogen-bond donors (Lipinski definition) is 9. The van der Waals surface area contributed by atoms with E-state index in [4.69, 9.17) is 33.2 Å². The van der Waals surface area contributed by atoms with E-state index in [9.17, 15) is 46.0 Å². The minimum absolute atomic E-state index is 0.133. The van der Waals surface area contributed by atoms with Crippen LogP contribution < -0.4 is 9.47 Å². The summed E-state index contributed by atoms with van der Waals surface area (Å²) in [6, 6.07) is 4.97. The van der Waals surface area contributed by atoms with Gasteiger partial charge in [-0.15, -0.1) is 6.58 Å². The lowest BCUT2D eigenvalue weighted by molar-refractivity contribution is -0.361. The van der Waals surface area contributed by atoms with Crippen LogP contribution in [0, 0.1) is 0 Å². The Morgan fingerprint density at radius 1 is 0.814 bits per heavy atom. The van der Waals surface area contributed by atoms with Crippen LogP contribution in [0.5, 0.6) is 11.5 Å². The quantitative estimate of drug-likeness (QED) is 0.107. The van der Waals surface area contributed by atoms with Crippen LogP contribution in [0.3, 0.4) is 0 Å². The summed E-state index contributed by atoms with van der Waals surface area (Å²) in [4.78, 5) is 0. The van der Waals surface area contributed by atoms with E-state index < -0.39 is 99.2 Å². The SMILES string of the molecule is C=CCc1ccc(O[C@@H]2O[C@H](CO[C@@H]3OC[C@@H](O)[C@H](O)[C@H]3O)[C@@H](O)[C@H](O)[C@H]2O[C@@H]2O[C@H](CO)[C@@H](O)[C@H](O)[C@H]2O)c(OC)c1. The van der Waals surface area contributed by atoms with Gasteiger partial charge >= 0.3 is 0 Å². The molecule has 0 radical (unpaired) electrons. The Morgan fingerprint density at radius 3 is 2.16 bits per heavy atom. The maximum Gasteiger partial charge on any atom is 0.229 e. The molecule has 244 valence electrons. The average Bonchev–Trinajstić information content (AvgIpc) is 3.00. The lowest BCUT2D eigenvalue weighted by Gasteiger charge is -2.46. The summed E-state index contributed by atoms with van der Waals surface area (Å²) in [5.41, 5.74) is 0.845. The van der Waals surface area contributed by atoms with Gasteiger partial charge in [0.1, 0.15) is 61.0 Å². The molecule has 16 heteroatoms. The monoisotopic (exact) mass is 620 g/mol. The zero-order valence-corrected chi connectivity index (χ0v) is 23.3. The fraction of sp³-hybridized carbons (Fsp3) is 0.704. The minimum Gasteiger partial charge on any atom is -0.493 e. The first-order chi connectivity index (χ1) is 20.5. The second kappa shape index (κ2) is 14.9. The summed E-state index contributed by atoms with van der Waals surface area (Å²) in [5, 5.41) is 92.2. The molecule has 0 aliphatic carbocycles. The highest BCUT2D eigenvalue weighted by molar-refractivity contribution is 5.43. The van der Waals surface area contributed by atoms with Gasteiger partial charge in [0.05, 0.1) is 26.9 Å². The Kier molecular flexibility index (Phi) is 11.7. The Labute approximate surface area is 246 Å². The molecule has 3 heterocycles. The van der Waals surface area contributed by atoms with Crippen LogP contribution in [0.15, 0.2) is 30.9 Å². The standard InChI is InChI=1S/C27H40O16/c1-3-4-11-5-6-13(14(7-11)37-2)40-27-24(43-26-23(36)20(33)18(31)15(8-28)41-26)21(34)19(32)16(42-27)10-39-25-22(35)17(30)12(29)9-38-25/h3,5-7,12,15-36H,1,4,8-10H2,2H3/t12-,15-,16-,17+,18-,19-,20+,21+,22-,23-,24-,25+,26+,27-/m1/s1.